The zero-order valence-corrected chi connectivity index (χ0v) is 13.7. The number of ether oxygens (including phenoxy) is 1. The van der Waals surface area contributed by atoms with Gasteiger partial charge in [0.15, 0.2) is 0 Å². The second-order valence-electron chi connectivity index (χ2n) is 6.46. The number of hydrogen-bond donors (Lipinski definition) is 1. The highest BCUT2D eigenvalue weighted by molar-refractivity contribution is 5.39. The third-order valence-corrected chi connectivity index (χ3v) is 3.24. The summed E-state index contributed by atoms with van der Waals surface area (Å²) in [7, 11) is 0. The Hall–Kier alpha value is -1.25. The van der Waals surface area contributed by atoms with Gasteiger partial charge in [0, 0.05) is 11.6 Å². The minimum atomic E-state index is 0.0126. The van der Waals surface area contributed by atoms with Crippen molar-refractivity contribution in [2.24, 2.45) is 5.92 Å². The fourth-order valence-electron chi connectivity index (χ4n) is 2.05. The first-order valence-corrected chi connectivity index (χ1v) is 7.82. The molecule has 114 valence electrons. The SMILES string of the molecule is CCCCC(CC)COc1cccc(NC(C)(C)C)n1. The van der Waals surface area contributed by atoms with Crippen molar-refractivity contribution in [1.82, 2.24) is 4.98 Å². The van der Waals surface area contributed by atoms with Crippen molar-refractivity contribution in [2.45, 2.75) is 65.8 Å². The number of hydrogen-bond acceptors (Lipinski definition) is 3. The van der Waals surface area contributed by atoms with E-state index >= 15 is 0 Å². The molecule has 0 fully saturated rings. The Morgan fingerprint density at radius 3 is 2.60 bits per heavy atom. The van der Waals surface area contributed by atoms with Crippen LogP contribution in [-0.4, -0.2) is 17.1 Å². The summed E-state index contributed by atoms with van der Waals surface area (Å²) in [6, 6.07) is 5.90. The van der Waals surface area contributed by atoms with Gasteiger partial charge in [0.1, 0.15) is 5.82 Å². The quantitative estimate of drug-likeness (QED) is 0.735. The van der Waals surface area contributed by atoms with Crippen LogP contribution < -0.4 is 10.1 Å². The highest BCUT2D eigenvalue weighted by atomic mass is 16.5. The summed E-state index contributed by atoms with van der Waals surface area (Å²) in [6.45, 7) is 11.6. The number of nitrogens with one attached hydrogen (secondary N) is 1. The van der Waals surface area contributed by atoms with E-state index in [4.69, 9.17) is 4.74 Å². The molecule has 0 aliphatic carbocycles. The second-order valence-corrected chi connectivity index (χ2v) is 6.46. The highest BCUT2D eigenvalue weighted by Crippen LogP contribution is 2.18. The summed E-state index contributed by atoms with van der Waals surface area (Å²) in [5, 5.41) is 3.37. The number of pyridine rings is 1. The summed E-state index contributed by atoms with van der Waals surface area (Å²) in [4.78, 5) is 4.51. The predicted octanol–water partition coefficient (Wildman–Crippen LogP) is 4.89. The lowest BCUT2D eigenvalue weighted by Crippen LogP contribution is -2.26. The predicted molar refractivity (Wildman–Crippen MR) is 86.4 cm³/mol. The summed E-state index contributed by atoms with van der Waals surface area (Å²) in [6.07, 6.45) is 4.94. The van der Waals surface area contributed by atoms with E-state index in [0.717, 1.165) is 12.4 Å². The standard InChI is InChI=1S/C17H30N2O/c1-6-8-10-14(7-2)13-20-16-12-9-11-15(18-16)19-17(3,4)5/h9,11-12,14H,6-8,10,13H2,1-5H3,(H,18,19). The molecule has 1 unspecified atom stereocenters. The average molecular weight is 278 g/mol. The molecular formula is C17H30N2O. The molecule has 3 nitrogen and oxygen atoms in total. The van der Waals surface area contributed by atoms with E-state index in [0.29, 0.717) is 11.8 Å². The van der Waals surface area contributed by atoms with Gasteiger partial charge in [-0.3, -0.25) is 0 Å². The van der Waals surface area contributed by atoms with E-state index in [2.05, 4.69) is 44.9 Å². The molecule has 1 atom stereocenters. The molecule has 3 heteroatoms. The molecule has 1 N–H and O–H groups in total. The number of unbranched alkanes of at least 4 members (excludes halogenated alkanes) is 1. The molecule has 1 heterocycles. The minimum Gasteiger partial charge on any atom is -0.477 e. The third kappa shape index (κ3) is 6.78. The fourth-order valence-corrected chi connectivity index (χ4v) is 2.05. The summed E-state index contributed by atoms with van der Waals surface area (Å²) >= 11 is 0. The van der Waals surface area contributed by atoms with Gasteiger partial charge >= 0.3 is 0 Å². The van der Waals surface area contributed by atoms with Crippen LogP contribution in [0.3, 0.4) is 0 Å². The first-order chi connectivity index (χ1) is 9.44. The number of aromatic nitrogens is 1. The van der Waals surface area contributed by atoms with Crippen LogP contribution >= 0.6 is 0 Å². The molecule has 0 saturated heterocycles. The van der Waals surface area contributed by atoms with Gasteiger partial charge in [-0.25, -0.2) is 0 Å². The molecule has 1 aromatic rings. The lowest BCUT2D eigenvalue weighted by molar-refractivity contribution is 0.226. The van der Waals surface area contributed by atoms with Crippen molar-refractivity contribution < 1.29 is 4.74 Å². The molecular weight excluding hydrogens is 248 g/mol. The molecule has 20 heavy (non-hydrogen) atoms. The van der Waals surface area contributed by atoms with Gasteiger partial charge in [0.25, 0.3) is 0 Å². The van der Waals surface area contributed by atoms with E-state index in [9.17, 15) is 0 Å². The smallest absolute Gasteiger partial charge is 0.215 e. The Bertz CT molecular complexity index is 385. The summed E-state index contributed by atoms with van der Waals surface area (Å²) < 4.78 is 5.86. The van der Waals surface area contributed by atoms with Crippen molar-refractivity contribution in [1.29, 1.82) is 0 Å². The van der Waals surface area contributed by atoms with Crippen LogP contribution in [0.25, 0.3) is 0 Å². The highest BCUT2D eigenvalue weighted by Gasteiger charge is 2.11. The van der Waals surface area contributed by atoms with Crippen LogP contribution in [-0.2, 0) is 0 Å². The zero-order chi connectivity index (χ0) is 15.0. The Morgan fingerprint density at radius 2 is 2.00 bits per heavy atom. The molecule has 0 aliphatic heterocycles. The van der Waals surface area contributed by atoms with Gasteiger partial charge in [0.2, 0.25) is 5.88 Å². The van der Waals surface area contributed by atoms with Crippen molar-refractivity contribution in [3.05, 3.63) is 18.2 Å². The van der Waals surface area contributed by atoms with Gasteiger partial charge in [-0.15, -0.1) is 0 Å². The van der Waals surface area contributed by atoms with E-state index in [-0.39, 0.29) is 5.54 Å². The van der Waals surface area contributed by atoms with Crippen LogP contribution in [0.15, 0.2) is 18.2 Å². The maximum Gasteiger partial charge on any atom is 0.215 e. The Kier molecular flexibility index (Phi) is 6.83. The Morgan fingerprint density at radius 1 is 1.25 bits per heavy atom. The maximum atomic E-state index is 5.86. The van der Waals surface area contributed by atoms with E-state index < -0.39 is 0 Å². The second kappa shape index (κ2) is 8.13. The number of nitrogens with zero attached hydrogens (tertiary/aromatic N) is 1. The number of rotatable bonds is 8. The summed E-state index contributed by atoms with van der Waals surface area (Å²) in [5.74, 6) is 2.22. The van der Waals surface area contributed by atoms with Crippen molar-refractivity contribution in [2.75, 3.05) is 11.9 Å². The fraction of sp³-hybridized carbons (Fsp3) is 0.706. The topological polar surface area (TPSA) is 34.1 Å². The molecule has 0 radical (unpaired) electrons. The van der Waals surface area contributed by atoms with E-state index in [1.807, 2.05) is 18.2 Å². The molecule has 0 saturated carbocycles. The van der Waals surface area contributed by atoms with Crippen LogP contribution in [0.4, 0.5) is 5.82 Å². The molecule has 1 aromatic heterocycles. The molecule has 0 bridgehead atoms. The first-order valence-electron chi connectivity index (χ1n) is 7.82. The van der Waals surface area contributed by atoms with Gasteiger partial charge in [-0.1, -0.05) is 39.2 Å². The molecule has 0 amide bonds. The molecule has 0 aliphatic rings. The van der Waals surface area contributed by atoms with Crippen LogP contribution in [0.1, 0.15) is 60.3 Å². The lowest BCUT2D eigenvalue weighted by Gasteiger charge is -2.21. The van der Waals surface area contributed by atoms with Crippen molar-refractivity contribution >= 4 is 5.82 Å². The van der Waals surface area contributed by atoms with Gasteiger partial charge < -0.3 is 10.1 Å². The van der Waals surface area contributed by atoms with Crippen molar-refractivity contribution in [3.8, 4) is 5.88 Å². The van der Waals surface area contributed by atoms with E-state index in [1.54, 1.807) is 0 Å². The van der Waals surface area contributed by atoms with E-state index in [1.165, 1.54) is 25.7 Å². The molecule has 1 rings (SSSR count). The van der Waals surface area contributed by atoms with Gasteiger partial charge in [0.05, 0.1) is 6.61 Å². The zero-order valence-electron chi connectivity index (χ0n) is 13.7. The average Bonchev–Trinajstić information content (AvgIpc) is 2.37. The minimum absolute atomic E-state index is 0.0126. The summed E-state index contributed by atoms with van der Waals surface area (Å²) in [5.41, 5.74) is 0.0126. The Labute approximate surface area is 124 Å². The molecule has 0 spiro atoms. The first kappa shape index (κ1) is 16.8. The Balaban J connectivity index is 2.53. The van der Waals surface area contributed by atoms with Gasteiger partial charge in [-0.05, 0) is 39.2 Å². The van der Waals surface area contributed by atoms with Crippen LogP contribution in [0, 0.1) is 5.92 Å². The third-order valence-electron chi connectivity index (χ3n) is 3.24. The number of anilines is 1. The van der Waals surface area contributed by atoms with Crippen LogP contribution in [0.5, 0.6) is 5.88 Å². The molecule has 0 aromatic carbocycles. The maximum absolute atomic E-state index is 5.86. The van der Waals surface area contributed by atoms with Gasteiger partial charge in [-0.2, -0.15) is 4.98 Å². The monoisotopic (exact) mass is 278 g/mol. The largest absolute Gasteiger partial charge is 0.477 e. The lowest BCUT2D eigenvalue weighted by atomic mass is 10.0. The van der Waals surface area contributed by atoms with Crippen molar-refractivity contribution in [3.63, 3.8) is 0 Å². The van der Waals surface area contributed by atoms with Crippen LogP contribution in [0.2, 0.25) is 0 Å². The normalized spacial score (nSPS) is 13.1.